The van der Waals surface area contributed by atoms with Crippen molar-refractivity contribution < 1.29 is 13.6 Å². The Hall–Kier alpha value is -4.49. The van der Waals surface area contributed by atoms with E-state index >= 15 is 4.39 Å². The van der Waals surface area contributed by atoms with Crippen molar-refractivity contribution in [3.05, 3.63) is 82.6 Å². The Morgan fingerprint density at radius 3 is 2.67 bits per heavy atom. The summed E-state index contributed by atoms with van der Waals surface area (Å²) in [6, 6.07) is 14.6. The number of pyridine rings is 1. The molecule has 1 aliphatic carbocycles. The van der Waals surface area contributed by atoms with Crippen LogP contribution < -0.4 is 4.90 Å². The first-order valence-electron chi connectivity index (χ1n) is 14.3. The highest BCUT2D eigenvalue weighted by atomic mass is 19.1. The minimum Gasteiger partial charge on any atom is -0.317 e. The number of nitriles is 1. The number of likely N-dealkylation sites (tertiary alicyclic amines) is 1. The minimum atomic E-state index is -0.427. The SMILES string of the molecule is Cn1cnnc1-c1cc(C#N)ccc1-c1cc(C2CC2)nc(N2Cc3c(F)cc(CN4CCC[C@@H]4CF)cc3C2=O)c1. The third-order valence-corrected chi connectivity index (χ3v) is 8.63. The molecule has 1 atom stereocenters. The number of hydrogen-bond acceptors (Lipinski definition) is 6. The summed E-state index contributed by atoms with van der Waals surface area (Å²) in [5.41, 5.74) is 5.15. The van der Waals surface area contributed by atoms with E-state index in [2.05, 4.69) is 16.3 Å². The lowest BCUT2D eigenvalue weighted by Gasteiger charge is -2.22. The number of nitrogens with zero attached hydrogens (tertiary/aromatic N) is 7. The molecule has 0 bridgehead atoms. The van der Waals surface area contributed by atoms with E-state index < -0.39 is 12.5 Å². The fourth-order valence-electron chi connectivity index (χ4n) is 6.20. The van der Waals surface area contributed by atoms with Crippen molar-refractivity contribution in [2.24, 2.45) is 7.05 Å². The number of aromatic nitrogens is 4. The molecule has 42 heavy (non-hydrogen) atoms. The van der Waals surface area contributed by atoms with Crippen molar-refractivity contribution in [2.75, 3.05) is 18.1 Å². The quantitative estimate of drug-likeness (QED) is 0.293. The third-order valence-electron chi connectivity index (χ3n) is 8.63. The molecule has 4 aromatic rings. The molecule has 0 N–H and O–H groups in total. The molecular weight excluding hydrogens is 536 g/mol. The zero-order valence-electron chi connectivity index (χ0n) is 23.2. The Bertz CT molecular complexity index is 1760. The van der Waals surface area contributed by atoms with E-state index in [0.29, 0.717) is 46.4 Å². The molecule has 212 valence electrons. The Morgan fingerprint density at radius 2 is 1.93 bits per heavy atom. The molecular formula is C32H29F2N7O. The van der Waals surface area contributed by atoms with E-state index in [1.54, 1.807) is 34.0 Å². The van der Waals surface area contributed by atoms with E-state index in [0.717, 1.165) is 54.6 Å². The van der Waals surface area contributed by atoms with Crippen LogP contribution in [0.4, 0.5) is 14.6 Å². The van der Waals surface area contributed by atoms with Crippen LogP contribution in [-0.2, 0) is 20.1 Å². The predicted molar refractivity (Wildman–Crippen MR) is 153 cm³/mol. The number of hydrogen-bond donors (Lipinski definition) is 0. The van der Waals surface area contributed by atoms with E-state index in [-0.39, 0.29) is 18.5 Å². The van der Waals surface area contributed by atoms with Gasteiger partial charge in [0.05, 0.1) is 18.2 Å². The van der Waals surface area contributed by atoms with Crippen LogP contribution in [0.25, 0.3) is 22.5 Å². The Labute approximate surface area is 242 Å². The van der Waals surface area contributed by atoms with Gasteiger partial charge in [-0.15, -0.1) is 10.2 Å². The van der Waals surface area contributed by atoms with Crippen LogP contribution >= 0.6 is 0 Å². The molecule has 0 unspecified atom stereocenters. The van der Waals surface area contributed by atoms with Crippen LogP contribution in [0.1, 0.15) is 64.3 Å². The number of halogens is 2. The second-order valence-corrected chi connectivity index (χ2v) is 11.5. The Balaban J connectivity index is 1.27. The summed E-state index contributed by atoms with van der Waals surface area (Å²) in [4.78, 5) is 22.2. The fraction of sp³-hybridized carbons (Fsp3) is 0.344. The lowest BCUT2D eigenvalue weighted by atomic mass is 9.96. The number of aryl methyl sites for hydroxylation is 1. The normalized spacial score (nSPS) is 18.5. The molecule has 3 aliphatic rings. The highest BCUT2D eigenvalue weighted by Crippen LogP contribution is 2.43. The molecule has 2 aromatic carbocycles. The maximum absolute atomic E-state index is 15.4. The molecule has 0 radical (unpaired) electrons. The number of anilines is 1. The number of carbonyl (C=O) groups is 1. The van der Waals surface area contributed by atoms with Crippen LogP contribution in [-0.4, -0.2) is 49.8 Å². The fourth-order valence-corrected chi connectivity index (χ4v) is 6.20. The largest absolute Gasteiger partial charge is 0.317 e. The maximum atomic E-state index is 15.4. The van der Waals surface area contributed by atoms with Crippen molar-refractivity contribution in [3.63, 3.8) is 0 Å². The summed E-state index contributed by atoms with van der Waals surface area (Å²) in [5.74, 6) is 0.647. The summed E-state index contributed by atoms with van der Waals surface area (Å²) in [5, 5.41) is 17.9. The van der Waals surface area contributed by atoms with E-state index in [4.69, 9.17) is 4.98 Å². The third kappa shape index (κ3) is 4.64. The van der Waals surface area contributed by atoms with Gasteiger partial charge in [0.15, 0.2) is 5.82 Å². The number of fused-ring (bicyclic) bond motifs is 1. The van der Waals surface area contributed by atoms with Crippen molar-refractivity contribution in [3.8, 4) is 28.6 Å². The summed E-state index contributed by atoms with van der Waals surface area (Å²) >= 11 is 0. The number of alkyl halides is 1. The summed E-state index contributed by atoms with van der Waals surface area (Å²) in [7, 11) is 1.84. The van der Waals surface area contributed by atoms with Crippen molar-refractivity contribution in [2.45, 2.75) is 50.7 Å². The lowest BCUT2D eigenvalue weighted by Crippen LogP contribution is -2.30. The second kappa shape index (κ2) is 10.4. The average Bonchev–Trinajstić information content (AvgIpc) is 3.47. The summed E-state index contributed by atoms with van der Waals surface area (Å²) in [6.45, 7) is 0.832. The zero-order valence-corrected chi connectivity index (χ0v) is 23.2. The molecule has 1 saturated heterocycles. The van der Waals surface area contributed by atoms with Gasteiger partial charge in [0.2, 0.25) is 0 Å². The smallest absolute Gasteiger partial charge is 0.260 e. The lowest BCUT2D eigenvalue weighted by molar-refractivity contribution is 0.0995. The van der Waals surface area contributed by atoms with Crippen LogP contribution in [0.2, 0.25) is 0 Å². The van der Waals surface area contributed by atoms with Crippen molar-refractivity contribution in [1.82, 2.24) is 24.6 Å². The zero-order chi connectivity index (χ0) is 29.0. The van der Waals surface area contributed by atoms with E-state index in [9.17, 15) is 14.4 Å². The summed E-state index contributed by atoms with van der Waals surface area (Å²) in [6.07, 6.45) is 5.34. The van der Waals surface area contributed by atoms with Gasteiger partial charge in [-0.1, -0.05) is 6.07 Å². The van der Waals surface area contributed by atoms with E-state index in [1.807, 2.05) is 30.1 Å². The van der Waals surface area contributed by atoms with Gasteiger partial charge in [0.25, 0.3) is 5.91 Å². The molecule has 4 heterocycles. The number of rotatable bonds is 7. The molecule has 10 heteroatoms. The van der Waals surface area contributed by atoms with Crippen LogP contribution in [0.5, 0.6) is 0 Å². The number of carbonyl (C=O) groups excluding carboxylic acids is 1. The standard InChI is InChI=1S/C32H29F2N7O/c1-39-18-36-38-31(39)25-9-19(15-35)4-7-24(25)22-12-29(21-5-6-21)37-30(13-22)41-17-27-26(32(41)42)10-20(11-28(27)34)16-40-8-2-3-23(40)14-33/h4,7,9-13,18,21,23H,2-3,5-6,8,14,16-17H2,1H3/t23-/m1/s1. The maximum Gasteiger partial charge on any atom is 0.260 e. The van der Waals surface area contributed by atoms with Crippen LogP contribution in [0.3, 0.4) is 0 Å². The Kier molecular flexibility index (Phi) is 6.54. The van der Waals surface area contributed by atoms with Gasteiger partial charge < -0.3 is 4.57 Å². The summed E-state index contributed by atoms with van der Waals surface area (Å²) < 4.78 is 30.7. The monoisotopic (exact) mass is 565 g/mol. The van der Waals surface area contributed by atoms with Gasteiger partial charge in [-0.25, -0.2) is 13.8 Å². The molecule has 8 nitrogen and oxygen atoms in total. The molecule has 1 amide bonds. The highest BCUT2D eigenvalue weighted by molar-refractivity contribution is 6.10. The topological polar surface area (TPSA) is 90.9 Å². The number of benzene rings is 2. The van der Waals surface area contributed by atoms with Gasteiger partial charge in [0.1, 0.15) is 24.6 Å². The number of amides is 1. The van der Waals surface area contributed by atoms with Crippen LogP contribution in [0.15, 0.2) is 48.8 Å². The first kappa shape index (κ1) is 26.4. The average molecular weight is 566 g/mol. The highest BCUT2D eigenvalue weighted by Gasteiger charge is 2.35. The first-order chi connectivity index (χ1) is 20.4. The predicted octanol–water partition coefficient (Wildman–Crippen LogP) is 5.53. The van der Waals surface area contributed by atoms with Gasteiger partial charge in [0, 0.05) is 47.9 Å². The molecule has 7 rings (SSSR count). The van der Waals surface area contributed by atoms with Crippen LogP contribution in [0, 0.1) is 17.1 Å². The molecule has 2 aliphatic heterocycles. The van der Waals surface area contributed by atoms with Gasteiger partial charge in [-0.3, -0.25) is 14.6 Å². The molecule has 2 aromatic heterocycles. The second-order valence-electron chi connectivity index (χ2n) is 11.5. The minimum absolute atomic E-state index is 0.0845. The van der Waals surface area contributed by atoms with Crippen molar-refractivity contribution >= 4 is 11.7 Å². The van der Waals surface area contributed by atoms with Gasteiger partial charge >= 0.3 is 0 Å². The Morgan fingerprint density at radius 1 is 1.07 bits per heavy atom. The van der Waals surface area contributed by atoms with Crippen molar-refractivity contribution in [1.29, 1.82) is 5.26 Å². The molecule has 0 spiro atoms. The van der Waals surface area contributed by atoms with E-state index in [1.165, 1.54) is 6.07 Å². The molecule has 2 fully saturated rings. The molecule has 1 saturated carbocycles. The van der Waals surface area contributed by atoms with Gasteiger partial charge in [-0.05, 0) is 85.3 Å². The van der Waals surface area contributed by atoms with Gasteiger partial charge in [-0.2, -0.15) is 5.26 Å². The first-order valence-corrected chi connectivity index (χ1v) is 14.3.